The van der Waals surface area contributed by atoms with Gasteiger partial charge in [-0.2, -0.15) is 0 Å². The minimum atomic E-state index is -1.49. The molecule has 0 aliphatic carbocycles. The Hall–Kier alpha value is -0.583. The van der Waals surface area contributed by atoms with Crippen LogP contribution in [0.4, 0.5) is 0 Å². The summed E-state index contributed by atoms with van der Waals surface area (Å²) < 4.78 is 5.62. The number of rotatable bonds is 6. The molecular weight excluding hydrogens is 220 g/mol. The van der Waals surface area contributed by atoms with Crippen molar-refractivity contribution in [2.24, 2.45) is 0 Å². The summed E-state index contributed by atoms with van der Waals surface area (Å²) in [6.07, 6.45) is 0.772. The van der Waals surface area contributed by atoms with Crippen LogP contribution in [0, 0.1) is 0 Å². The highest BCUT2D eigenvalue weighted by Gasteiger charge is 2.33. The lowest BCUT2D eigenvalue weighted by molar-refractivity contribution is 0.0951. The summed E-state index contributed by atoms with van der Waals surface area (Å²) >= 11 is 0. The molecule has 0 spiro atoms. The molecule has 1 aromatic rings. The first-order valence-electron chi connectivity index (χ1n) is 6.01. The van der Waals surface area contributed by atoms with Crippen molar-refractivity contribution in [1.29, 1.82) is 0 Å². The zero-order valence-electron chi connectivity index (χ0n) is 10.4. The van der Waals surface area contributed by atoms with Crippen LogP contribution in [0.2, 0.25) is 18.1 Å². The predicted molar refractivity (Wildman–Crippen MR) is 67.6 cm³/mol. The fourth-order valence-electron chi connectivity index (χ4n) is 2.18. The second-order valence-electron chi connectivity index (χ2n) is 4.28. The second-order valence-corrected chi connectivity index (χ2v) is 9.46. The molecule has 1 atom stereocenters. The van der Waals surface area contributed by atoms with Crippen molar-refractivity contribution in [3.05, 3.63) is 17.9 Å². The molecule has 0 aliphatic heterocycles. The standard InChI is InChI=1S/C12H22O3Si/c1-4-16(5-2,6-3)12-7-10(9-15-12)11(14)8-13/h7,9,11,13-14H,4-6,8H2,1-3H3. The molecule has 1 heterocycles. The number of hydrogen-bond donors (Lipinski definition) is 2. The first-order valence-corrected chi connectivity index (χ1v) is 8.63. The van der Waals surface area contributed by atoms with Gasteiger partial charge in [-0.25, -0.2) is 0 Å². The number of hydrogen-bond acceptors (Lipinski definition) is 3. The van der Waals surface area contributed by atoms with E-state index in [1.165, 1.54) is 0 Å². The molecule has 92 valence electrons. The molecule has 0 aromatic carbocycles. The van der Waals surface area contributed by atoms with Crippen molar-refractivity contribution < 1.29 is 14.6 Å². The monoisotopic (exact) mass is 242 g/mol. The van der Waals surface area contributed by atoms with Gasteiger partial charge in [0.1, 0.15) is 14.2 Å². The van der Waals surface area contributed by atoms with E-state index in [4.69, 9.17) is 9.52 Å². The van der Waals surface area contributed by atoms with Crippen molar-refractivity contribution in [1.82, 2.24) is 0 Å². The van der Waals surface area contributed by atoms with Gasteiger partial charge in [-0.05, 0) is 6.07 Å². The average Bonchev–Trinajstić information content (AvgIpc) is 2.81. The van der Waals surface area contributed by atoms with Gasteiger partial charge in [0.25, 0.3) is 0 Å². The summed E-state index contributed by atoms with van der Waals surface area (Å²) in [5.74, 6) is 0. The molecule has 16 heavy (non-hydrogen) atoms. The van der Waals surface area contributed by atoms with Crippen molar-refractivity contribution in [2.75, 3.05) is 6.61 Å². The molecule has 0 saturated heterocycles. The van der Waals surface area contributed by atoms with Crippen molar-refractivity contribution in [3.63, 3.8) is 0 Å². The van der Waals surface area contributed by atoms with E-state index in [0.29, 0.717) is 5.56 Å². The van der Waals surface area contributed by atoms with E-state index in [1.807, 2.05) is 6.07 Å². The van der Waals surface area contributed by atoms with Gasteiger partial charge in [-0.15, -0.1) is 0 Å². The van der Waals surface area contributed by atoms with Gasteiger partial charge in [-0.1, -0.05) is 38.9 Å². The van der Waals surface area contributed by atoms with Gasteiger partial charge in [-0.3, -0.25) is 0 Å². The van der Waals surface area contributed by atoms with Crippen LogP contribution in [0.1, 0.15) is 32.4 Å². The van der Waals surface area contributed by atoms with Crippen LogP contribution >= 0.6 is 0 Å². The van der Waals surface area contributed by atoms with Crippen LogP contribution in [0.15, 0.2) is 16.7 Å². The smallest absolute Gasteiger partial charge is 0.131 e. The normalized spacial score (nSPS) is 14.1. The summed E-state index contributed by atoms with van der Waals surface area (Å²) in [5.41, 5.74) is 0.699. The fourth-order valence-corrected chi connectivity index (χ4v) is 5.51. The predicted octanol–water partition coefficient (Wildman–Crippen LogP) is 2.02. The number of furan rings is 1. The minimum absolute atomic E-state index is 0.252. The lowest BCUT2D eigenvalue weighted by Gasteiger charge is -2.24. The summed E-state index contributed by atoms with van der Waals surface area (Å²) in [6.45, 7) is 6.38. The summed E-state index contributed by atoms with van der Waals surface area (Å²) in [5, 5.41) is 19.5. The maximum absolute atomic E-state index is 9.53. The molecule has 0 aliphatic rings. The van der Waals surface area contributed by atoms with Crippen LogP contribution in [0.3, 0.4) is 0 Å². The molecule has 1 aromatic heterocycles. The van der Waals surface area contributed by atoms with Crippen molar-refractivity contribution in [2.45, 2.75) is 45.0 Å². The third kappa shape index (κ3) is 2.39. The first-order chi connectivity index (χ1) is 7.63. The van der Waals surface area contributed by atoms with Crippen LogP contribution in [0.25, 0.3) is 0 Å². The zero-order valence-corrected chi connectivity index (χ0v) is 11.4. The summed E-state index contributed by atoms with van der Waals surface area (Å²) in [4.78, 5) is 0. The molecular formula is C12H22O3Si. The molecule has 1 rings (SSSR count). The highest BCUT2D eigenvalue weighted by atomic mass is 28.3. The third-order valence-corrected chi connectivity index (χ3v) is 9.10. The minimum Gasteiger partial charge on any atom is -0.474 e. The fraction of sp³-hybridized carbons (Fsp3) is 0.667. The molecule has 0 bridgehead atoms. The van der Waals surface area contributed by atoms with Crippen LogP contribution < -0.4 is 5.38 Å². The van der Waals surface area contributed by atoms with E-state index < -0.39 is 14.2 Å². The SMILES string of the molecule is CC[Si](CC)(CC)c1cc(C(O)CO)co1. The van der Waals surface area contributed by atoms with E-state index in [1.54, 1.807) is 6.26 Å². The average molecular weight is 242 g/mol. The molecule has 0 radical (unpaired) electrons. The van der Waals surface area contributed by atoms with Crippen molar-refractivity contribution >= 4 is 13.5 Å². The second kappa shape index (κ2) is 5.66. The Kier molecular flexibility index (Phi) is 4.77. The molecule has 2 N–H and O–H groups in total. The van der Waals surface area contributed by atoms with Gasteiger partial charge in [0.2, 0.25) is 0 Å². The first kappa shape index (κ1) is 13.5. The van der Waals surface area contributed by atoms with E-state index in [9.17, 15) is 5.11 Å². The Morgan fingerprint density at radius 3 is 2.25 bits per heavy atom. The van der Waals surface area contributed by atoms with Gasteiger partial charge in [0, 0.05) is 5.56 Å². The number of aliphatic hydroxyl groups is 2. The molecule has 3 nitrogen and oxygen atoms in total. The molecule has 0 amide bonds. The quantitative estimate of drug-likeness (QED) is 0.750. The van der Waals surface area contributed by atoms with Gasteiger partial charge < -0.3 is 14.6 Å². The Labute approximate surface area is 98.1 Å². The molecule has 1 unspecified atom stereocenters. The Balaban J connectivity index is 2.99. The molecule has 0 saturated carbocycles. The molecule has 0 fully saturated rings. The van der Waals surface area contributed by atoms with E-state index in [2.05, 4.69) is 20.8 Å². The van der Waals surface area contributed by atoms with Gasteiger partial charge in [0.05, 0.1) is 18.3 Å². The maximum Gasteiger partial charge on any atom is 0.131 e. The number of aliphatic hydroxyl groups excluding tert-OH is 2. The van der Waals surface area contributed by atoms with E-state index >= 15 is 0 Å². The topological polar surface area (TPSA) is 53.6 Å². The van der Waals surface area contributed by atoms with Crippen LogP contribution in [-0.2, 0) is 0 Å². The Bertz CT molecular complexity index is 310. The summed E-state index contributed by atoms with van der Waals surface area (Å²) in [7, 11) is -1.49. The lowest BCUT2D eigenvalue weighted by atomic mass is 10.2. The van der Waals surface area contributed by atoms with E-state index in [0.717, 1.165) is 23.5 Å². The molecule has 4 heteroatoms. The van der Waals surface area contributed by atoms with Gasteiger partial charge >= 0.3 is 0 Å². The lowest BCUT2D eigenvalue weighted by Crippen LogP contribution is -2.44. The summed E-state index contributed by atoms with van der Waals surface area (Å²) in [6, 6.07) is 5.40. The zero-order chi connectivity index (χ0) is 12.2. The maximum atomic E-state index is 9.53. The highest BCUT2D eigenvalue weighted by Crippen LogP contribution is 2.22. The van der Waals surface area contributed by atoms with Crippen LogP contribution in [-0.4, -0.2) is 24.9 Å². The van der Waals surface area contributed by atoms with Crippen LogP contribution in [0.5, 0.6) is 0 Å². The van der Waals surface area contributed by atoms with Gasteiger partial charge in [0.15, 0.2) is 0 Å². The Morgan fingerprint density at radius 1 is 1.25 bits per heavy atom. The van der Waals surface area contributed by atoms with Crippen molar-refractivity contribution in [3.8, 4) is 0 Å². The highest BCUT2D eigenvalue weighted by molar-refractivity contribution is 6.90. The largest absolute Gasteiger partial charge is 0.474 e. The Morgan fingerprint density at radius 2 is 1.81 bits per heavy atom. The third-order valence-electron chi connectivity index (χ3n) is 3.73. The van der Waals surface area contributed by atoms with E-state index in [-0.39, 0.29) is 6.61 Å².